The molecule has 0 saturated carbocycles. The third kappa shape index (κ3) is 2.62. The summed E-state index contributed by atoms with van der Waals surface area (Å²) in [6.07, 6.45) is 1.76. The minimum Gasteiger partial charge on any atom is -0.321 e. The van der Waals surface area contributed by atoms with Gasteiger partial charge in [-0.3, -0.25) is 9.20 Å². The molecule has 0 aliphatic carbocycles. The Bertz CT molecular complexity index is 1300. The Hall–Kier alpha value is -3.66. The second kappa shape index (κ2) is 6.25. The normalized spacial score (nSPS) is 11.3. The van der Waals surface area contributed by atoms with Crippen molar-refractivity contribution in [3.8, 4) is 11.3 Å². The van der Waals surface area contributed by atoms with Crippen molar-refractivity contribution in [3.63, 3.8) is 0 Å². The van der Waals surface area contributed by atoms with Crippen LogP contribution in [0.2, 0.25) is 0 Å². The molecule has 0 bridgehead atoms. The molecule has 4 nitrogen and oxygen atoms in total. The summed E-state index contributed by atoms with van der Waals surface area (Å²) in [5, 5.41) is 0.633. The van der Waals surface area contributed by atoms with E-state index in [2.05, 4.69) is 28.8 Å². The Kier molecular flexibility index (Phi) is 3.61. The summed E-state index contributed by atoms with van der Waals surface area (Å²) in [6.45, 7) is 0.657. The van der Waals surface area contributed by atoms with Crippen LogP contribution in [0.15, 0.2) is 95.9 Å². The maximum Gasteiger partial charge on any atom is 0.267 e. The van der Waals surface area contributed by atoms with Crippen LogP contribution >= 0.6 is 0 Å². The summed E-state index contributed by atoms with van der Waals surface area (Å²) in [7, 11) is 0. The SMILES string of the molecule is O=c1c2cc(-c3ccccc3)n(Cc3ccccc3)c2nc2ccccn12. The molecule has 27 heavy (non-hydrogen) atoms. The minimum atomic E-state index is -0.0420. The number of fused-ring (bicyclic) bond motifs is 2. The van der Waals surface area contributed by atoms with Gasteiger partial charge in [-0.05, 0) is 29.3 Å². The molecule has 0 unspecified atom stereocenters. The molecule has 5 aromatic rings. The van der Waals surface area contributed by atoms with E-state index in [1.54, 1.807) is 10.6 Å². The average molecular weight is 351 g/mol. The van der Waals surface area contributed by atoms with Crippen molar-refractivity contribution in [2.24, 2.45) is 0 Å². The molecule has 0 aliphatic rings. The molecule has 5 rings (SSSR count). The van der Waals surface area contributed by atoms with Gasteiger partial charge < -0.3 is 4.57 Å². The highest BCUT2D eigenvalue weighted by Crippen LogP contribution is 2.27. The van der Waals surface area contributed by atoms with E-state index in [9.17, 15) is 4.79 Å². The molecule has 4 heteroatoms. The molecule has 0 aliphatic heterocycles. The molecule has 0 fully saturated rings. The lowest BCUT2D eigenvalue weighted by Crippen LogP contribution is -2.15. The first kappa shape index (κ1) is 15.6. The van der Waals surface area contributed by atoms with Crippen LogP contribution in [0.1, 0.15) is 5.56 Å². The molecular formula is C23H17N3O. The maximum absolute atomic E-state index is 13.0. The number of benzene rings is 2. The molecule has 0 radical (unpaired) electrons. The minimum absolute atomic E-state index is 0.0420. The Labute approximate surface area is 156 Å². The van der Waals surface area contributed by atoms with Crippen LogP contribution in [0.25, 0.3) is 27.9 Å². The predicted molar refractivity (Wildman–Crippen MR) is 108 cm³/mol. The molecule has 0 saturated heterocycles. The summed E-state index contributed by atoms with van der Waals surface area (Å²) in [5.41, 5.74) is 4.56. The van der Waals surface area contributed by atoms with Gasteiger partial charge in [0.05, 0.1) is 11.1 Å². The first-order valence-corrected chi connectivity index (χ1v) is 8.91. The van der Waals surface area contributed by atoms with Crippen molar-refractivity contribution in [1.82, 2.24) is 14.0 Å². The van der Waals surface area contributed by atoms with Gasteiger partial charge in [-0.15, -0.1) is 0 Å². The van der Waals surface area contributed by atoms with E-state index in [0.717, 1.165) is 11.3 Å². The monoisotopic (exact) mass is 351 g/mol. The topological polar surface area (TPSA) is 39.3 Å². The third-order valence-corrected chi connectivity index (χ3v) is 4.83. The molecular weight excluding hydrogens is 334 g/mol. The average Bonchev–Trinajstić information content (AvgIpc) is 3.08. The van der Waals surface area contributed by atoms with Crippen molar-refractivity contribution in [2.45, 2.75) is 6.54 Å². The Morgan fingerprint density at radius 1 is 0.815 bits per heavy atom. The lowest BCUT2D eigenvalue weighted by atomic mass is 10.1. The predicted octanol–water partition coefficient (Wildman–Crippen LogP) is 4.36. The van der Waals surface area contributed by atoms with Crippen LogP contribution in [0.5, 0.6) is 0 Å². The third-order valence-electron chi connectivity index (χ3n) is 4.83. The van der Waals surface area contributed by atoms with E-state index in [0.29, 0.717) is 23.2 Å². The summed E-state index contributed by atoms with van der Waals surface area (Å²) < 4.78 is 3.73. The molecule has 0 N–H and O–H groups in total. The zero-order valence-corrected chi connectivity index (χ0v) is 14.6. The number of hydrogen-bond donors (Lipinski definition) is 0. The summed E-state index contributed by atoms with van der Waals surface area (Å²) in [6, 6.07) is 28.0. The highest BCUT2D eigenvalue weighted by molar-refractivity contribution is 5.85. The molecule has 3 aromatic heterocycles. The number of nitrogens with zero attached hydrogens (tertiary/aromatic N) is 3. The van der Waals surface area contributed by atoms with E-state index >= 15 is 0 Å². The van der Waals surface area contributed by atoms with Crippen molar-refractivity contribution < 1.29 is 0 Å². The van der Waals surface area contributed by atoms with Gasteiger partial charge in [-0.2, -0.15) is 0 Å². The van der Waals surface area contributed by atoms with Crippen LogP contribution in [0.4, 0.5) is 0 Å². The van der Waals surface area contributed by atoms with E-state index in [1.807, 2.05) is 60.7 Å². The first-order valence-electron chi connectivity index (χ1n) is 8.91. The fourth-order valence-corrected chi connectivity index (χ4v) is 3.53. The van der Waals surface area contributed by atoms with Gasteiger partial charge in [-0.1, -0.05) is 66.7 Å². The highest BCUT2D eigenvalue weighted by Gasteiger charge is 2.16. The zero-order valence-electron chi connectivity index (χ0n) is 14.6. The number of rotatable bonds is 3. The van der Waals surface area contributed by atoms with Gasteiger partial charge in [0.1, 0.15) is 11.3 Å². The molecule has 130 valence electrons. The van der Waals surface area contributed by atoms with Gasteiger partial charge in [0.15, 0.2) is 0 Å². The van der Waals surface area contributed by atoms with E-state index in [4.69, 9.17) is 4.98 Å². The van der Waals surface area contributed by atoms with E-state index in [1.165, 1.54) is 5.56 Å². The number of hydrogen-bond acceptors (Lipinski definition) is 2. The Morgan fingerprint density at radius 3 is 2.30 bits per heavy atom. The van der Waals surface area contributed by atoms with E-state index in [-0.39, 0.29) is 5.56 Å². The number of aromatic nitrogens is 3. The quantitative estimate of drug-likeness (QED) is 0.484. The van der Waals surface area contributed by atoms with Gasteiger partial charge in [0, 0.05) is 12.7 Å². The largest absolute Gasteiger partial charge is 0.321 e. The fraction of sp³-hybridized carbons (Fsp3) is 0.0435. The maximum atomic E-state index is 13.0. The first-order chi connectivity index (χ1) is 13.3. The zero-order chi connectivity index (χ0) is 18.2. The Balaban J connectivity index is 1.84. The van der Waals surface area contributed by atoms with Crippen molar-refractivity contribution in [1.29, 1.82) is 0 Å². The van der Waals surface area contributed by atoms with E-state index < -0.39 is 0 Å². The van der Waals surface area contributed by atoms with Crippen molar-refractivity contribution in [2.75, 3.05) is 0 Å². The van der Waals surface area contributed by atoms with Crippen LogP contribution < -0.4 is 5.56 Å². The Morgan fingerprint density at radius 2 is 1.52 bits per heavy atom. The molecule has 3 heterocycles. The summed E-state index contributed by atoms with van der Waals surface area (Å²) in [4.78, 5) is 17.9. The summed E-state index contributed by atoms with van der Waals surface area (Å²) in [5.74, 6) is 0. The van der Waals surface area contributed by atoms with Crippen LogP contribution in [-0.4, -0.2) is 14.0 Å². The standard InChI is InChI=1S/C23H17N3O/c27-23-19-15-20(18-11-5-2-6-12-18)26(16-17-9-3-1-4-10-17)22(19)24-21-13-7-8-14-25(21)23/h1-15H,16H2. The second-order valence-electron chi connectivity index (χ2n) is 6.55. The molecule has 2 aromatic carbocycles. The summed E-state index contributed by atoms with van der Waals surface area (Å²) >= 11 is 0. The van der Waals surface area contributed by atoms with Crippen LogP contribution in [0, 0.1) is 0 Å². The lowest BCUT2D eigenvalue weighted by Gasteiger charge is -2.11. The van der Waals surface area contributed by atoms with Crippen molar-refractivity contribution >= 4 is 16.7 Å². The van der Waals surface area contributed by atoms with Gasteiger partial charge in [-0.25, -0.2) is 4.98 Å². The fourth-order valence-electron chi connectivity index (χ4n) is 3.53. The van der Waals surface area contributed by atoms with Gasteiger partial charge in [0.2, 0.25) is 0 Å². The molecule has 0 spiro atoms. The lowest BCUT2D eigenvalue weighted by molar-refractivity contribution is 0.832. The molecule has 0 amide bonds. The molecule has 0 atom stereocenters. The van der Waals surface area contributed by atoms with Gasteiger partial charge >= 0.3 is 0 Å². The van der Waals surface area contributed by atoms with Crippen LogP contribution in [-0.2, 0) is 6.54 Å². The second-order valence-corrected chi connectivity index (χ2v) is 6.55. The van der Waals surface area contributed by atoms with Gasteiger partial charge in [0.25, 0.3) is 5.56 Å². The smallest absolute Gasteiger partial charge is 0.267 e. The highest BCUT2D eigenvalue weighted by atomic mass is 16.1. The van der Waals surface area contributed by atoms with Crippen LogP contribution in [0.3, 0.4) is 0 Å². The van der Waals surface area contributed by atoms with Crippen molar-refractivity contribution in [3.05, 3.63) is 107 Å². The number of pyridine rings is 1.